The van der Waals surface area contributed by atoms with Gasteiger partial charge >= 0.3 is 0 Å². The fourth-order valence-electron chi connectivity index (χ4n) is 1.17. The van der Waals surface area contributed by atoms with Crippen LogP contribution >= 0.6 is 0 Å². The van der Waals surface area contributed by atoms with Crippen molar-refractivity contribution >= 4 is 12.1 Å². The number of carbonyl (C=O) groups excluding carboxylic acids is 2. The van der Waals surface area contributed by atoms with Gasteiger partial charge in [-0.25, -0.2) is 0 Å². The minimum Gasteiger partial charge on any atom is -0.299 e. The van der Waals surface area contributed by atoms with Crippen LogP contribution in [0.15, 0.2) is 0 Å². The summed E-state index contributed by atoms with van der Waals surface area (Å²) in [4.78, 5) is 22.6. The first-order valence-corrected chi connectivity index (χ1v) is 5.17. The Morgan fingerprint density at radius 1 is 1.14 bits per heavy atom. The van der Waals surface area contributed by atoms with Crippen LogP contribution in [0.2, 0.25) is 0 Å². The highest BCUT2D eigenvalue weighted by Crippen LogP contribution is 2.28. The lowest BCUT2D eigenvalue weighted by Gasteiger charge is -2.27. The zero-order chi connectivity index (χ0) is 11.5. The first kappa shape index (κ1) is 13.3. The number of Topliss-reactive ketones (excluding diaryl/α,β-unsaturated/α-hetero) is 1. The molecule has 0 aromatic carbocycles. The summed E-state index contributed by atoms with van der Waals surface area (Å²) in [6.45, 7) is 11.3. The third-order valence-electron chi connectivity index (χ3n) is 3.22. The molecule has 0 aromatic rings. The van der Waals surface area contributed by atoms with E-state index in [1.54, 1.807) is 13.8 Å². The Bertz CT molecular complexity index is 216. The highest BCUT2D eigenvalue weighted by molar-refractivity contribution is 5.86. The van der Waals surface area contributed by atoms with Crippen LogP contribution in [0.1, 0.15) is 41.5 Å². The number of hydrogen-bond acceptors (Lipinski definition) is 2. The van der Waals surface area contributed by atoms with Gasteiger partial charge in [0.2, 0.25) is 6.29 Å². The molecule has 0 fully saturated rings. The molecule has 14 heavy (non-hydrogen) atoms. The van der Waals surface area contributed by atoms with E-state index in [2.05, 4.69) is 0 Å². The van der Waals surface area contributed by atoms with Crippen molar-refractivity contribution in [2.24, 2.45) is 23.2 Å². The Morgan fingerprint density at radius 3 is 1.86 bits per heavy atom. The predicted octanol–water partition coefficient (Wildman–Crippen LogP) is 2.62. The summed E-state index contributed by atoms with van der Waals surface area (Å²) in [6.07, 6.45) is 1.94. The van der Waals surface area contributed by atoms with Crippen molar-refractivity contribution in [3.05, 3.63) is 0 Å². The van der Waals surface area contributed by atoms with Crippen molar-refractivity contribution in [1.82, 2.24) is 0 Å². The van der Waals surface area contributed by atoms with Crippen molar-refractivity contribution in [2.45, 2.75) is 41.5 Å². The number of rotatable bonds is 5. The van der Waals surface area contributed by atoms with Gasteiger partial charge in [0.1, 0.15) is 5.78 Å². The summed E-state index contributed by atoms with van der Waals surface area (Å²) >= 11 is 0. The highest BCUT2D eigenvalue weighted by atomic mass is 16.1. The third kappa shape index (κ3) is 2.93. The molecule has 0 spiro atoms. The minimum atomic E-state index is -0.666. The zero-order valence-electron chi connectivity index (χ0n) is 10.0. The second kappa shape index (κ2) is 4.72. The van der Waals surface area contributed by atoms with E-state index in [9.17, 15) is 9.59 Å². The van der Waals surface area contributed by atoms with Gasteiger partial charge in [0, 0.05) is 17.3 Å². The molecule has 2 atom stereocenters. The average molecular weight is 197 g/mol. The lowest BCUT2D eigenvalue weighted by atomic mass is 9.74. The molecule has 0 aliphatic heterocycles. The molecule has 2 heteroatoms. The van der Waals surface area contributed by atoms with Gasteiger partial charge < -0.3 is 0 Å². The zero-order valence-corrected chi connectivity index (χ0v) is 10.0. The first-order valence-electron chi connectivity index (χ1n) is 5.17. The van der Waals surface area contributed by atoms with Gasteiger partial charge in [-0.2, -0.15) is 0 Å². The Kier molecular flexibility index (Phi) is 4.50. The molecule has 2 nitrogen and oxygen atoms in total. The van der Waals surface area contributed by atoms with E-state index in [1.807, 2.05) is 34.0 Å². The molecule has 0 aliphatic rings. The molecule has 0 amide bonds. The van der Waals surface area contributed by atoms with Crippen molar-refractivity contribution in [1.29, 1.82) is 0 Å². The topological polar surface area (TPSA) is 34.1 Å². The Balaban J connectivity index is 4.63. The predicted molar refractivity (Wildman–Crippen MR) is 57.6 cm³/mol. The average Bonchev–Trinajstić information content (AvgIpc) is 2.14. The van der Waals surface area contributed by atoms with E-state index in [1.165, 1.54) is 0 Å². The van der Waals surface area contributed by atoms with E-state index in [-0.39, 0.29) is 17.6 Å². The smallest absolute Gasteiger partial charge is 0.205 e. The van der Waals surface area contributed by atoms with Crippen LogP contribution in [0.5, 0.6) is 0 Å². The molecule has 2 unspecified atom stereocenters. The second-order valence-electron chi connectivity index (χ2n) is 4.98. The second-order valence-corrected chi connectivity index (χ2v) is 4.98. The van der Waals surface area contributed by atoms with E-state index < -0.39 is 5.41 Å². The molecule has 0 bridgehead atoms. The summed E-state index contributed by atoms with van der Waals surface area (Å²) < 4.78 is 0. The Labute approximate surface area is 87.1 Å². The van der Waals surface area contributed by atoms with E-state index >= 15 is 0 Å². The molecule has 1 radical (unpaired) electrons. The number of carbonyl (C=O) groups is 1. The van der Waals surface area contributed by atoms with E-state index in [0.29, 0.717) is 5.92 Å². The van der Waals surface area contributed by atoms with Crippen LogP contribution in [0.3, 0.4) is 0 Å². The lowest BCUT2D eigenvalue weighted by molar-refractivity contribution is -0.129. The molecule has 0 rings (SSSR count). The molecule has 0 heterocycles. The minimum absolute atomic E-state index is 0.0117. The molecular weight excluding hydrogens is 176 g/mol. The SMILES string of the molecule is CC(C)C(C)C(=O)C(C)C(C)(C)[C]=O. The van der Waals surface area contributed by atoms with Gasteiger partial charge in [0.25, 0.3) is 0 Å². The van der Waals surface area contributed by atoms with E-state index in [4.69, 9.17) is 0 Å². The van der Waals surface area contributed by atoms with Gasteiger partial charge in [0.05, 0.1) is 0 Å². The third-order valence-corrected chi connectivity index (χ3v) is 3.22. The van der Waals surface area contributed by atoms with Crippen LogP contribution in [-0.4, -0.2) is 12.1 Å². The standard InChI is InChI=1S/C12H21O2/c1-8(2)9(3)11(14)10(4)12(5,6)7-13/h8-10H,1-6H3. The van der Waals surface area contributed by atoms with Crippen molar-refractivity contribution in [3.63, 3.8) is 0 Å². The summed E-state index contributed by atoms with van der Waals surface area (Å²) in [5, 5.41) is 0. The quantitative estimate of drug-likeness (QED) is 0.679. The lowest BCUT2D eigenvalue weighted by Crippen LogP contribution is -2.34. The summed E-state index contributed by atoms with van der Waals surface area (Å²) in [5.41, 5.74) is -0.666. The van der Waals surface area contributed by atoms with Gasteiger partial charge in [-0.3, -0.25) is 9.59 Å². The van der Waals surface area contributed by atoms with Crippen molar-refractivity contribution in [3.8, 4) is 0 Å². The van der Waals surface area contributed by atoms with Crippen LogP contribution < -0.4 is 0 Å². The maximum Gasteiger partial charge on any atom is 0.205 e. The Hall–Kier alpha value is -0.660. The van der Waals surface area contributed by atoms with Gasteiger partial charge in [-0.1, -0.05) is 41.5 Å². The highest BCUT2D eigenvalue weighted by Gasteiger charge is 2.34. The van der Waals surface area contributed by atoms with Gasteiger partial charge in [-0.05, 0) is 5.92 Å². The molecule has 0 saturated carbocycles. The number of hydrogen-bond donors (Lipinski definition) is 0. The fraction of sp³-hybridized carbons (Fsp3) is 0.833. The molecule has 0 saturated heterocycles. The first-order chi connectivity index (χ1) is 6.24. The normalized spacial score (nSPS) is 16.5. The fourth-order valence-corrected chi connectivity index (χ4v) is 1.17. The summed E-state index contributed by atoms with van der Waals surface area (Å²) in [5.74, 6) is 0.246. The summed E-state index contributed by atoms with van der Waals surface area (Å²) in [7, 11) is 0. The van der Waals surface area contributed by atoms with Crippen LogP contribution in [0.4, 0.5) is 0 Å². The van der Waals surface area contributed by atoms with Gasteiger partial charge in [-0.15, -0.1) is 0 Å². The van der Waals surface area contributed by atoms with Crippen LogP contribution in [-0.2, 0) is 9.59 Å². The molecule has 0 aromatic heterocycles. The monoisotopic (exact) mass is 197 g/mol. The maximum absolute atomic E-state index is 11.9. The van der Waals surface area contributed by atoms with E-state index in [0.717, 1.165) is 0 Å². The summed E-state index contributed by atoms with van der Waals surface area (Å²) in [6, 6.07) is 0. The molecular formula is C12H21O2. The molecule has 0 N–H and O–H groups in total. The van der Waals surface area contributed by atoms with Crippen molar-refractivity contribution < 1.29 is 9.59 Å². The molecule has 81 valence electrons. The number of ketones is 1. The van der Waals surface area contributed by atoms with Crippen molar-refractivity contribution in [2.75, 3.05) is 0 Å². The van der Waals surface area contributed by atoms with Crippen LogP contribution in [0.25, 0.3) is 0 Å². The van der Waals surface area contributed by atoms with Gasteiger partial charge in [0.15, 0.2) is 0 Å². The molecule has 0 aliphatic carbocycles. The maximum atomic E-state index is 11.9. The Morgan fingerprint density at radius 2 is 1.57 bits per heavy atom. The largest absolute Gasteiger partial charge is 0.299 e. The van der Waals surface area contributed by atoms with Crippen LogP contribution in [0, 0.1) is 23.2 Å².